The van der Waals surface area contributed by atoms with Crippen LogP contribution in [0.15, 0.2) is 18.2 Å². The smallest absolute Gasteiger partial charge is 0.504 e. The van der Waals surface area contributed by atoms with Gasteiger partial charge >= 0.3 is 12.5 Å². The summed E-state index contributed by atoms with van der Waals surface area (Å²) < 4.78 is 78.5. The summed E-state index contributed by atoms with van der Waals surface area (Å²) in [6.45, 7) is 1.57. The fourth-order valence-electron chi connectivity index (χ4n) is 2.32. The number of halogens is 6. The fraction of sp³-hybridized carbons (Fsp3) is 0.357. The Morgan fingerprint density at radius 3 is 2.25 bits per heavy atom. The average Bonchev–Trinajstić information content (AvgIpc) is 2.63. The molecule has 132 valence electrons. The number of hydrogen-bond acceptors (Lipinski definition) is 3. The van der Waals surface area contributed by atoms with Crippen molar-refractivity contribution in [1.82, 2.24) is 9.78 Å². The molecular weight excluding hydrogens is 342 g/mol. The molecule has 0 bridgehead atoms. The van der Waals surface area contributed by atoms with Crippen molar-refractivity contribution in [3.63, 3.8) is 0 Å². The van der Waals surface area contributed by atoms with E-state index in [4.69, 9.17) is 0 Å². The Bertz CT molecular complexity index is 749. The first-order valence-corrected chi connectivity index (χ1v) is 6.57. The molecule has 2 aromatic rings. The zero-order chi connectivity index (χ0) is 18.3. The summed E-state index contributed by atoms with van der Waals surface area (Å²) in [6.07, 6.45) is -9.44. The molecule has 0 aliphatic heterocycles. The SMILES string of the molecule is Cc1nn(CC(F)(F)F)c(C)c1-c1ccc(OC(F)(F)F)c(O)c1. The van der Waals surface area contributed by atoms with E-state index in [1.54, 1.807) is 0 Å². The third-order valence-electron chi connectivity index (χ3n) is 3.18. The highest BCUT2D eigenvalue weighted by atomic mass is 19.4. The van der Waals surface area contributed by atoms with Gasteiger partial charge in [0.15, 0.2) is 11.5 Å². The molecule has 1 heterocycles. The predicted octanol–water partition coefficient (Wildman–Crippen LogP) is 4.33. The molecule has 1 N–H and O–H groups in total. The summed E-state index contributed by atoms with van der Waals surface area (Å²) in [7, 11) is 0. The Labute approximate surface area is 132 Å². The van der Waals surface area contributed by atoms with E-state index >= 15 is 0 Å². The minimum atomic E-state index is -4.97. The van der Waals surface area contributed by atoms with Gasteiger partial charge in [0.05, 0.1) is 5.69 Å². The monoisotopic (exact) mass is 354 g/mol. The quantitative estimate of drug-likeness (QED) is 0.835. The highest BCUT2D eigenvalue weighted by molar-refractivity contribution is 5.71. The van der Waals surface area contributed by atoms with Crippen LogP contribution in [0.25, 0.3) is 11.1 Å². The van der Waals surface area contributed by atoms with Crippen LogP contribution in [0.2, 0.25) is 0 Å². The lowest BCUT2D eigenvalue weighted by atomic mass is 10.0. The molecular formula is C14H12F6N2O2. The first-order valence-electron chi connectivity index (χ1n) is 6.57. The van der Waals surface area contributed by atoms with E-state index in [0.717, 1.165) is 16.8 Å². The molecule has 0 fully saturated rings. The number of phenols is 1. The zero-order valence-corrected chi connectivity index (χ0v) is 12.5. The molecule has 0 saturated heterocycles. The number of alkyl halides is 6. The molecule has 2 rings (SSSR count). The van der Waals surface area contributed by atoms with Crippen molar-refractivity contribution in [1.29, 1.82) is 0 Å². The molecule has 10 heteroatoms. The zero-order valence-electron chi connectivity index (χ0n) is 12.5. The maximum atomic E-state index is 12.5. The molecule has 24 heavy (non-hydrogen) atoms. The molecule has 1 aromatic heterocycles. The predicted molar refractivity (Wildman–Crippen MR) is 71.5 cm³/mol. The van der Waals surface area contributed by atoms with Crippen LogP contribution in [-0.2, 0) is 6.54 Å². The van der Waals surface area contributed by atoms with E-state index in [0.29, 0.717) is 5.56 Å². The Balaban J connectivity index is 2.41. The van der Waals surface area contributed by atoms with E-state index in [2.05, 4.69) is 9.84 Å². The van der Waals surface area contributed by atoms with Gasteiger partial charge in [0.1, 0.15) is 6.54 Å². The largest absolute Gasteiger partial charge is 0.573 e. The molecule has 0 aliphatic rings. The number of rotatable bonds is 3. The van der Waals surface area contributed by atoms with Crippen molar-refractivity contribution < 1.29 is 36.2 Å². The third kappa shape index (κ3) is 4.12. The average molecular weight is 354 g/mol. The summed E-state index contributed by atoms with van der Waals surface area (Å²) in [5, 5.41) is 13.4. The minimum Gasteiger partial charge on any atom is -0.504 e. The molecule has 0 amide bonds. The summed E-state index contributed by atoms with van der Waals surface area (Å²) in [4.78, 5) is 0. The van der Waals surface area contributed by atoms with Crippen LogP contribution in [0, 0.1) is 13.8 Å². The van der Waals surface area contributed by atoms with Crippen molar-refractivity contribution in [3.8, 4) is 22.6 Å². The maximum absolute atomic E-state index is 12.5. The van der Waals surface area contributed by atoms with Crippen LogP contribution in [0.1, 0.15) is 11.4 Å². The van der Waals surface area contributed by atoms with Crippen LogP contribution in [0.4, 0.5) is 26.3 Å². The van der Waals surface area contributed by atoms with Gasteiger partial charge in [0.25, 0.3) is 0 Å². The van der Waals surface area contributed by atoms with Crippen LogP contribution >= 0.6 is 0 Å². The highest BCUT2D eigenvalue weighted by Gasteiger charge is 2.33. The van der Waals surface area contributed by atoms with Crippen molar-refractivity contribution in [2.24, 2.45) is 0 Å². The van der Waals surface area contributed by atoms with Crippen LogP contribution in [-0.4, -0.2) is 27.4 Å². The Kier molecular flexibility index (Phi) is 4.42. The van der Waals surface area contributed by atoms with E-state index in [-0.39, 0.29) is 17.0 Å². The van der Waals surface area contributed by atoms with Gasteiger partial charge in [-0.3, -0.25) is 4.68 Å². The maximum Gasteiger partial charge on any atom is 0.573 e. The lowest BCUT2D eigenvalue weighted by molar-refractivity contribution is -0.275. The van der Waals surface area contributed by atoms with Gasteiger partial charge in [-0.15, -0.1) is 13.2 Å². The molecule has 4 nitrogen and oxygen atoms in total. The Morgan fingerprint density at radius 1 is 1.12 bits per heavy atom. The van der Waals surface area contributed by atoms with Gasteiger partial charge in [0, 0.05) is 11.3 Å². The second kappa shape index (κ2) is 5.91. The van der Waals surface area contributed by atoms with Gasteiger partial charge in [-0.1, -0.05) is 6.07 Å². The second-order valence-electron chi connectivity index (χ2n) is 5.05. The van der Waals surface area contributed by atoms with Gasteiger partial charge < -0.3 is 9.84 Å². The number of aryl methyl sites for hydroxylation is 1. The van der Waals surface area contributed by atoms with E-state index < -0.39 is 30.6 Å². The van der Waals surface area contributed by atoms with E-state index in [9.17, 15) is 31.4 Å². The standard InChI is InChI=1S/C14H12F6N2O2/c1-7-12(8(2)22(21-7)6-13(15,16)17)9-3-4-11(10(23)5-9)24-14(18,19)20/h3-5,23H,6H2,1-2H3. The number of ether oxygens (including phenoxy) is 1. The molecule has 0 saturated carbocycles. The fourth-order valence-corrected chi connectivity index (χ4v) is 2.32. The molecule has 0 unspecified atom stereocenters. The number of phenolic OH excluding ortho intramolecular Hbond substituents is 1. The van der Waals surface area contributed by atoms with Crippen molar-refractivity contribution in [2.45, 2.75) is 32.9 Å². The Morgan fingerprint density at radius 2 is 1.75 bits per heavy atom. The normalized spacial score (nSPS) is 12.5. The summed E-state index contributed by atoms with van der Waals surface area (Å²) in [5.41, 5.74) is 0.952. The Hall–Kier alpha value is -2.39. The van der Waals surface area contributed by atoms with Crippen LogP contribution < -0.4 is 4.74 Å². The van der Waals surface area contributed by atoms with E-state index in [1.165, 1.54) is 19.9 Å². The number of aromatic nitrogens is 2. The summed E-state index contributed by atoms with van der Waals surface area (Å²) in [5.74, 6) is -1.59. The molecule has 0 aliphatic carbocycles. The lowest BCUT2D eigenvalue weighted by Gasteiger charge is -2.12. The van der Waals surface area contributed by atoms with Crippen molar-refractivity contribution in [2.75, 3.05) is 0 Å². The third-order valence-corrected chi connectivity index (χ3v) is 3.18. The highest BCUT2D eigenvalue weighted by Crippen LogP contribution is 2.37. The topological polar surface area (TPSA) is 47.3 Å². The van der Waals surface area contributed by atoms with Gasteiger partial charge in [-0.2, -0.15) is 18.3 Å². The number of nitrogens with zero attached hydrogens (tertiary/aromatic N) is 2. The van der Waals surface area contributed by atoms with Gasteiger partial charge in [0.2, 0.25) is 0 Å². The molecule has 0 atom stereocenters. The summed E-state index contributed by atoms with van der Waals surface area (Å²) >= 11 is 0. The number of hydrogen-bond donors (Lipinski definition) is 1. The molecule has 1 aromatic carbocycles. The molecule has 0 spiro atoms. The second-order valence-corrected chi connectivity index (χ2v) is 5.05. The van der Waals surface area contributed by atoms with Gasteiger partial charge in [-0.25, -0.2) is 0 Å². The van der Waals surface area contributed by atoms with Crippen molar-refractivity contribution in [3.05, 3.63) is 29.6 Å². The first-order chi connectivity index (χ1) is 10.9. The minimum absolute atomic E-state index is 0.175. The van der Waals surface area contributed by atoms with Crippen LogP contribution in [0.5, 0.6) is 11.5 Å². The lowest BCUT2D eigenvalue weighted by Crippen LogP contribution is -2.19. The molecule has 0 radical (unpaired) electrons. The summed E-state index contributed by atoms with van der Waals surface area (Å²) in [6, 6.07) is 3.07. The first kappa shape index (κ1) is 18.0. The van der Waals surface area contributed by atoms with Crippen molar-refractivity contribution >= 4 is 0 Å². The number of benzene rings is 1. The van der Waals surface area contributed by atoms with E-state index in [1.807, 2.05) is 0 Å². The van der Waals surface area contributed by atoms with Gasteiger partial charge in [-0.05, 0) is 31.5 Å². The van der Waals surface area contributed by atoms with Crippen LogP contribution in [0.3, 0.4) is 0 Å². The number of aromatic hydroxyl groups is 1.